The average molecular weight is 487 g/mol. The fraction of sp³-hybridized carbons (Fsp3) is 0.519. The average Bonchev–Trinajstić information content (AvgIpc) is 2.91. The van der Waals surface area contributed by atoms with Crippen LogP contribution in [0.1, 0.15) is 82.6 Å². The Labute approximate surface area is 204 Å². The summed E-state index contributed by atoms with van der Waals surface area (Å²) in [6.07, 6.45) is 4.02. The largest absolute Gasteiger partial charge is 0.378 e. The first-order valence-electron chi connectivity index (χ1n) is 12.3. The molecule has 1 heterocycles. The summed E-state index contributed by atoms with van der Waals surface area (Å²) in [5.41, 5.74) is 2.37. The smallest absolute Gasteiger partial charge is 0.355 e. The van der Waals surface area contributed by atoms with E-state index in [1.54, 1.807) is 0 Å². The molecule has 186 valence electrons. The van der Waals surface area contributed by atoms with E-state index in [1.165, 1.54) is 0 Å². The molecule has 34 heavy (non-hydrogen) atoms. The molecule has 0 bridgehead atoms. The van der Waals surface area contributed by atoms with Crippen molar-refractivity contribution in [2.75, 3.05) is 23.8 Å². The number of fused-ring (bicyclic) bond motifs is 1. The number of unbranched alkanes of at least 4 members (excludes halogenated alkanes) is 2. The summed E-state index contributed by atoms with van der Waals surface area (Å²) < 4.78 is 26.4. The van der Waals surface area contributed by atoms with Crippen molar-refractivity contribution >= 4 is 24.8 Å². The number of carbonyl (C=O) groups is 1. The predicted molar refractivity (Wildman–Crippen MR) is 140 cm³/mol. The van der Waals surface area contributed by atoms with E-state index >= 15 is 0 Å². The Morgan fingerprint density at radius 2 is 1.50 bits per heavy atom. The lowest BCUT2D eigenvalue weighted by Gasteiger charge is -2.40. The van der Waals surface area contributed by atoms with Gasteiger partial charge in [0.15, 0.2) is 5.78 Å². The summed E-state index contributed by atoms with van der Waals surface area (Å²) in [4.78, 5) is 13.1. The van der Waals surface area contributed by atoms with Gasteiger partial charge in [-0.05, 0) is 51.8 Å². The van der Waals surface area contributed by atoms with Gasteiger partial charge in [0.1, 0.15) is 5.28 Å². The van der Waals surface area contributed by atoms with Crippen molar-refractivity contribution in [2.45, 2.75) is 77.5 Å². The highest BCUT2D eigenvalue weighted by molar-refractivity contribution is 7.55. The van der Waals surface area contributed by atoms with Crippen molar-refractivity contribution in [3.05, 3.63) is 59.7 Å². The van der Waals surface area contributed by atoms with Crippen LogP contribution in [-0.2, 0) is 13.6 Å². The Morgan fingerprint density at radius 3 is 2.09 bits per heavy atom. The molecule has 0 spiro atoms. The van der Waals surface area contributed by atoms with Crippen LogP contribution >= 0.6 is 7.60 Å². The highest BCUT2D eigenvalue weighted by atomic mass is 31.2. The first-order chi connectivity index (χ1) is 16.1. The van der Waals surface area contributed by atoms with E-state index < -0.39 is 18.4 Å². The van der Waals surface area contributed by atoms with Crippen molar-refractivity contribution in [3.63, 3.8) is 0 Å². The van der Waals surface area contributed by atoms with Crippen LogP contribution in [0, 0.1) is 0 Å². The van der Waals surface area contributed by atoms with E-state index in [0.717, 1.165) is 31.4 Å². The second-order valence-electron chi connectivity index (χ2n) is 9.91. The minimum atomic E-state index is -3.56. The van der Waals surface area contributed by atoms with Crippen LogP contribution in [0.4, 0.5) is 11.4 Å². The first-order valence-corrected chi connectivity index (χ1v) is 13.9. The zero-order valence-corrected chi connectivity index (χ0v) is 22.0. The van der Waals surface area contributed by atoms with Gasteiger partial charge in [0.05, 0.1) is 24.6 Å². The summed E-state index contributed by atoms with van der Waals surface area (Å²) in [6.45, 7) is 11.0. The van der Waals surface area contributed by atoms with E-state index in [9.17, 15) is 9.36 Å². The third kappa shape index (κ3) is 6.10. The maximum absolute atomic E-state index is 14.3. The molecule has 0 saturated heterocycles. The first kappa shape index (κ1) is 26.5. The molecule has 3 rings (SSSR count). The number of anilines is 2. The van der Waals surface area contributed by atoms with Crippen LogP contribution in [0.25, 0.3) is 0 Å². The fourth-order valence-electron chi connectivity index (χ4n) is 4.40. The Morgan fingerprint density at radius 1 is 0.882 bits per heavy atom. The molecular formula is C27H39N2O4P. The van der Waals surface area contributed by atoms with Crippen LogP contribution in [0.5, 0.6) is 0 Å². The van der Waals surface area contributed by atoms with Gasteiger partial charge in [-0.3, -0.25) is 9.36 Å². The highest BCUT2D eigenvalue weighted by Crippen LogP contribution is 2.63. The number of hydrogen-bond donors (Lipinski definition) is 2. The van der Waals surface area contributed by atoms with Crippen molar-refractivity contribution in [2.24, 2.45) is 0 Å². The molecule has 1 atom stereocenters. The summed E-state index contributed by atoms with van der Waals surface area (Å²) in [5.74, 6) is -0.0583. The van der Waals surface area contributed by atoms with Gasteiger partial charge >= 0.3 is 7.60 Å². The summed E-state index contributed by atoms with van der Waals surface area (Å²) in [5, 5.41) is 6.08. The molecule has 2 aromatic carbocycles. The molecule has 2 aromatic rings. The predicted octanol–water partition coefficient (Wildman–Crippen LogP) is 7.47. The Bertz CT molecular complexity index is 1010. The third-order valence-corrected chi connectivity index (χ3v) is 8.63. The van der Waals surface area contributed by atoms with Crippen LogP contribution in [-0.4, -0.2) is 29.8 Å². The van der Waals surface area contributed by atoms with Crippen molar-refractivity contribution in [3.8, 4) is 0 Å². The monoisotopic (exact) mass is 486 g/mol. The molecule has 0 amide bonds. The quantitative estimate of drug-likeness (QED) is 0.195. The summed E-state index contributed by atoms with van der Waals surface area (Å²) >= 11 is 0. The van der Waals surface area contributed by atoms with Crippen LogP contribution < -0.4 is 10.6 Å². The number of benzene rings is 2. The maximum Gasteiger partial charge on any atom is 0.355 e. The van der Waals surface area contributed by atoms with Crippen LogP contribution in [0.2, 0.25) is 0 Å². The van der Waals surface area contributed by atoms with Gasteiger partial charge in [-0.25, -0.2) is 0 Å². The Balaban J connectivity index is 2.00. The molecule has 0 saturated carbocycles. The number of carbonyl (C=O) groups excluding carboxylic acids is 1. The maximum atomic E-state index is 14.3. The molecule has 2 N–H and O–H groups in total. The van der Waals surface area contributed by atoms with E-state index in [-0.39, 0.29) is 5.78 Å². The van der Waals surface area contributed by atoms with E-state index in [2.05, 4.69) is 38.3 Å². The Kier molecular flexibility index (Phi) is 8.62. The van der Waals surface area contributed by atoms with Gasteiger partial charge in [-0.15, -0.1) is 0 Å². The van der Waals surface area contributed by atoms with Crippen LogP contribution in [0.3, 0.4) is 0 Å². The zero-order chi connectivity index (χ0) is 24.8. The van der Waals surface area contributed by atoms with Gasteiger partial charge in [-0.2, -0.15) is 0 Å². The second kappa shape index (κ2) is 11.1. The minimum Gasteiger partial charge on any atom is -0.378 e. The van der Waals surface area contributed by atoms with Gasteiger partial charge in [-0.1, -0.05) is 57.0 Å². The molecule has 1 aliphatic rings. The lowest BCUT2D eigenvalue weighted by Crippen LogP contribution is -2.43. The molecule has 0 radical (unpaired) electrons. The summed E-state index contributed by atoms with van der Waals surface area (Å²) in [6, 6.07) is 14.8. The fourth-order valence-corrected chi connectivity index (χ4v) is 6.63. The van der Waals surface area contributed by atoms with Gasteiger partial charge < -0.3 is 19.7 Å². The standard InChI is InChI=1S/C27H39N2O4P/c1-6-8-17-32-34(31,33-18-9-7-2)27(5)20-26(3,4)28-23-16-15-22(19-24(23)29-27)25(30)21-13-11-10-12-14-21/h10-16,19,28-29H,6-9,17-18,20H2,1-5H3. The van der Waals surface area contributed by atoms with Crippen LogP contribution in [0.15, 0.2) is 48.5 Å². The minimum absolute atomic E-state index is 0.0583. The SMILES string of the molecule is CCCCOP(=O)(OCCCC)C1(C)CC(C)(C)Nc2ccc(C(=O)c3ccccc3)cc2N1. The number of ketones is 1. The number of rotatable bonds is 11. The van der Waals surface area contributed by atoms with Crippen molar-refractivity contribution in [1.29, 1.82) is 0 Å². The number of hydrogen-bond acceptors (Lipinski definition) is 6. The van der Waals surface area contributed by atoms with Crippen molar-refractivity contribution in [1.82, 2.24) is 0 Å². The Hall–Kier alpha value is -2.14. The molecule has 7 heteroatoms. The van der Waals surface area contributed by atoms with E-state index in [1.807, 2.05) is 55.5 Å². The topological polar surface area (TPSA) is 76.7 Å². The molecule has 0 aliphatic carbocycles. The molecule has 0 aromatic heterocycles. The van der Waals surface area contributed by atoms with E-state index in [0.29, 0.717) is 36.4 Å². The summed E-state index contributed by atoms with van der Waals surface area (Å²) in [7, 11) is -3.56. The lowest BCUT2D eigenvalue weighted by molar-refractivity contribution is 0.103. The number of nitrogens with one attached hydrogen (secondary N) is 2. The van der Waals surface area contributed by atoms with Crippen molar-refractivity contribution < 1.29 is 18.4 Å². The molecule has 0 fully saturated rings. The van der Waals surface area contributed by atoms with Gasteiger partial charge in [0.2, 0.25) is 0 Å². The zero-order valence-electron chi connectivity index (χ0n) is 21.1. The molecule has 1 unspecified atom stereocenters. The second-order valence-corrected chi connectivity index (χ2v) is 12.4. The molecule has 1 aliphatic heterocycles. The van der Waals surface area contributed by atoms with Gasteiger partial charge in [0.25, 0.3) is 0 Å². The van der Waals surface area contributed by atoms with Gasteiger partial charge in [0, 0.05) is 23.1 Å². The molecule has 6 nitrogen and oxygen atoms in total. The highest BCUT2D eigenvalue weighted by Gasteiger charge is 2.52. The van der Waals surface area contributed by atoms with E-state index in [4.69, 9.17) is 9.05 Å². The normalized spacial score (nSPS) is 19.4. The molecular weight excluding hydrogens is 447 g/mol. The third-order valence-electron chi connectivity index (χ3n) is 6.10. The lowest BCUT2D eigenvalue weighted by atomic mass is 9.96.